The lowest BCUT2D eigenvalue weighted by molar-refractivity contribution is 0.333. The van der Waals surface area contributed by atoms with E-state index in [0.717, 1.165) is 43.6 Å². The van der Waals surface area contributed by atoms with E-state index in [0.29, 0.717) is 0 Å². The Morgan fingerprint density at radius 1 is 1.37 bits per heavy atom. The Balaban J connectivity index is 1.82. The predicted molar refractivity (Wildman–Crippen MR) is 79.7 cm³/mol. The van der Waals surface area contributed by atoms with Crippen molar-refractivity contribution in [2.45, 2.75) is 25.7 Å². The first-order chi connectivity index (χ1) is 9.29. The highest BCUT2D eigenvalue weighted by Crippen LogP contribution is 2.26. The van der Waals surface area contributed by atoms with Gasteiger partial charge in [-0.1, -0.05) is 6.42 Å². The predicted octanol–water partition coefficient (Wildman–Crippen LogP) is 1.73. The van der Waals surface area contributed by atoms with Gasteiger partial charge in [-0.25, -0.2) is 9.97 Å². The third kappa shape index (κ3) is 4.35. The van der Waals surface area contributed by atoms with Gasteiger partial charge in [0.1, 0.15) is 18.0 Å². The Hall–Kier alpha value is -1.36. The van der Waals surface area contributed by atoms with Crippen LogP contribution in [-0.2, 0) is 0 Å². The third-order valence-corrected chi connectivity index (χ3v) is 3.76. The first-order valence-corrected chi connectivity index (χ1v) is 7.21. The van der Waals surface area contributed by atoms with Crippen molar-refractivity contribution in [2.24, 2.45) is 5.92 Å². The number of aromatic nitrogens is 2. The molecule has 0 bridgehead atoms. The summed E-state index contributed by atoms with van der Waals surface area (Å²) in [4.78, 5) is 10.8. The van der Waals surface area contributed by atoms with Gasteiger partial charge in [0.2, 0.25) is 0 Å². The number of anilines is 2. The topological polar surface area (TPSA) is 53.1 Å². The minimum absolute atomic E-state index is 0.840. The van der Waals surface area contributed by atoms with Gasteiger partial charge >= 0.3 is 0 Å². The van der Waals surface area contributed by atoms with E-state index in [1.807, 2.05) is 13.1 Å². The molecule has 0 aromatic carbocycles. The monoisotopic (exact) mass is 263 g/mol. The van der Waals surface area contributed by atoms with Crippen LogP contribution in [0, 0.1) is 5.92 Å². The lowest BCUT2D eigenvalue weighted by Crippen LogP contribution is -2.24. The minimum atomic E-state index is 0.840. The molecule has 2 rings (SSSR count). The normalized spacial score (nSPS) is 15.1. The van der Waals surface area contributed by atoms with Crippen LogP contribution in [0.15, 0.2) is 12.4 Å². The average Bonchev–Trinajstić information content (AvgIpc) is 2.37. The van der Waals surface area contributed by atoms with Gasteiger partial charge < -0.3 is 15.5 Å². The van der Waals surface area contributed by atoms with Crippen molar-refractivity contribution in [3.63, 3.8) is 0 Å². The second kappa shape index (κ2) is 7.28. The van der Waals surface area contributed by atoms with E-state index in [-0.39, 0.29) is 0 Å². The van der Waals surface area contributed by atoms with Crippen molar-refractivity contribution in [1.82, 2.24) is 15.3 Å². The molecule has 1 fully saturated rings. The molecule has 106 valence electrons. The van der Waals surface area contributed by atoms with Gasteiger partial charge in [-0.2, -0.15) is 0 Å². The van der Waals surface area contributed by atoms with Gasteiger partial charge in [-0.05, 0) is 38.8 Å². The maximum absolute atomic E-state index is 4.33. The molecule has 19 heavy (non-hydrogen) atoms. The first-order valence-electron chi connectivity index (χ1n) is 7.21. The molecule has 2 N–H and O–H groups in total. The maximum Gasteiger partial charge on any atom is 0.133 e. The van der Waals surface area contributed by atoms with E-state index < -0.39 is 0 Å². The van der Waals surface area contributed by atoms with E-state index in [1.54, 1.807) is 6.33 Å². The molecule has 1 aromatic rings. The zero-order chi connectivity index (χ0) is 13.5. The Morgan fingerprint density at radius 2 is 2.21 bits per heavy atom. The number of rotatable bonds is 8. The van der Waals surface area contributed by atoms with E-state index in [1.165, 1.54) is 19.3 Å². The van der Waals surface area contributed by atoms with Crippen molar-refractivity contribution in [3.8, 4) is 0 Å². The fourth-order valence-corrected chi connectivity index (χ4v) is 2.21. The standard InChI is InChI=1S/C14H25N5/c1-15-7-4-8-19(2)14-9-13(17-11-18-14)16-10-12-5-3-6-12/h9,11-12,15H,3-8,10H2,1-2H3,(H,16,17,18). The Bertz CT molecular complexity index is 378. The molecular weight excluding hydrogens is 238 g/mol. The summed E-state index contributed by atoms with van der Waals surface area (Å²) in [6.07, 6.45) is 6.86. The zero-order valence-electron chi connectivity index (χ0n) is 12.0. The van der Waals surface area contributed by atoms with Gasteiger partial charge in [-0.15, -0.1) is 0 Å². The summed E-state index contributed by atoms with van der Waals surface area (Å²) in [5.41, 5.74) is 0. The van der Waals surface area contributed by atoms with Crippen LogP contribution < -0.4 is 15.5 Å². The Kier molecular flexibility index (Phi) is 5.39. The molecule has 0 atom stereocenters. The van der Waals surface area contributed by atoms with Crippen molar-refractivity contribution in [2.75, 3.05) is 43.9 Å². The summed E-state index contributed by atoms with van der Waals surface area (Å²) >= 11 is 0. The van der Waals surface area contributed by atoms with Gasteiger partial charge in [0.25, 0.3) is 0 Å². The Labute approximate surface area is 115 Å². The number of hydrogen-bond acceptors (Lipinski definition) is 5. The average molecular weight is 263 g/mol. The molecule has 0 unspecified atom stereocenters. The van der Waals surface area contributed by atoms with Crippen molar-refractivity contribution in [1.29, 1.82) is 0 Å². The highest BCUT2D eigenvalue weighted by atomic mass is 15.2. The molecule has 0 radical (unpaired) electrons. The van der Waals surface area contributed by atoms with Gasteiger partial charge in [0.15, 0.2) is 0 Å². The highest BCUT2D eigenvalue weighted by molar-refractivity contribution is 5.47. The van der Waals surface area contributed by atoms with Crippen LogP contribution in [0.4, 0.5) is 11.6 Å². The molecule has 5 nitrogen and oxygen atoms in total. The highest BCUT2D eigenvalue weighted by Gasteiger charge is 2.17. The van der Waals surface area contributed by atoms with Crippen LogP contribution in [-0.4, -0.2) is 43.7 Å². The van der Waals surface area contributed by atoms with Crippen molar-refractivity contribution in [3.05, 3.63) is 12.4 Å². The smallest absolute Gasteiger partial charge is 0.133 e. The molecule has 5 heteroatoms. The van der Waals surface area contributed by atoms with Crippen LogP contribution in [0.3, 0.4) is 0 Å². The summed E-state index contributed by atoms with van der Waals surface area (Å²) in [5, 5.41) is 6.58. The third-order valence-electron chi connectivity index (χ3n) is 3.76. The molecule has 1 aliphatic rings. The SMILES string of the molecule is CNCCCN(C)c1cc(NCC2CCC2)ncn1. The summed E-state index contributed by atoms with van der Waals surface area (Å²) in [6.45, 7) is 3.07. The molecule has 0 aliphatic heterocycles. The van der Waals surface area contributed by atoms with Crippen LogP contribution >= 0.6 is 0 Å². The van der Waals surface area contributed by atoms with E-state index in [2.05, 4.69) is 32.5 Å². The molecule has 1 aromatic heterocycles. The molecule has 1 heterocycles. The molecule has 1 aliphatic carbocycles. The van der Waals surface area contributed by atoms with Gasteiger partial charge in [0, 0.05) is 26.2 Å². The van der Waals surface area contributed by atoms with Crippen molar-refractivity contribution < 1.29 is 0 Å². The molecule has 0 spiro atoms. The largest absolute Gasteiger partial charge is 0.370 e. The summed E-state index contributed by atoms with van der Waals surface area (Å²) in [5.74, 6) is 2.77. The second-order valence-electron chi connectivity index (χ2n) is 5.32. The first kappa shape index (κ1) is 14.1. The lowest BCUT2D eigenvalue weighted by atomic mass is 9.85. The van der Waals surface area contributed by atoms with Crippen molar-refractivity contribution >= 4 is 11.6 Å². The van der Waals surface area contributed by atoms with Crippen LogP contribution in [0.1, 0.15) is 25.7 Å². The van der Waals surface area contributed by atoms with Gasteiger partial charge in [-0.3, -0.25) is 0 Å². The Morgan fingerprint density at radius 3 is 2.89 bits per heavy atom. The number of hydrogen-bond donors (Lipinski definition) is 2. The summed E-state index contributed by atoms with van der Waals surface area (Å²) < 4.78 is 0. The van der Waals surface area contributed by atoms with E-state index >= 15 is 0 Å². The quantitative estimate of drug-likeness (QED) is 0.700. The fraction of sp³-hybridized carbons (Fsp3) is 0.714. The zero-order valence-corrected chi connectivity index (χ0v) is 12.0. The summed E-state index contributed by atoms with van der Waals surface area (Å²) in [6, 6.07) is 2.04. The van der Waals surface area contributed by atoms with E-state index in [4.69, 9.17) is 0 Å². The minimum Gasteiger partial charge on any atom is -0.370 e. The molecule has 1 saturated carbocycles. The maximum atomic E-state index is 4.33. The second-order valence-corrected chi connectivity index (χ2v) is 5.32. The van der Waals surface area contributed by atoms with Crippen LogP contribution in [0.25, 0.3) is 0 Å². The number of nitrogens with zero attached hydrogens (tertiary/aromatic N) is 3. The molecule has 0 amide bonds. The molecular formula is C14H25N5. The summed E-state index contributed by atoms with van der Waals surface area (Å²) in [7, 11) is 4.06. The van der Waals surface area contributed by atoms with Crippen LogP contribution in [0.2, 0.25) is 0 Å². The van der Waals surface area contributed by atoms with E-state index in [9.17, 15) is 0 Å². The van der Waals surface area contributed by atoms with Gasteiger partial charge in [0.05, 0.1) is 0 Å². The lowest BCUT2D eigenvalue weighted by Gasteiger charge is -2.25. The fourth-order valence-electron chi connectivity index (χ4n) is 2.21. The number of nitrogens with one attached hydrogen (secondary N) is 2. The van der Waals surface area contributed by atoms with Crippen LogP contribution in [0.5, 0.6) is 0 Å². The molecule has 0 saturated heterocycles.